The number of aromatic nitrogens is 1. The molecule has 0 saturated carbocycles. The van der Waals surface area contributed by atoms with Crippen molar-refractivity contribution >= 4 is 51.8 Å². The summed E-state index contributed by atoms with van der Waals surface area (Å²) in [4.78, 5) is 32.5. The average molecular weight is 526 g/mol. The van der Waals surface area contributed by atoms with Gasteiger partial charge in [0.2, 0.25) is 0 Å². The van der Waals surface area contributed by atoms with E-state index < -0.39 is 0 Å². The molecule has 2 aromatic rings. The number of piperazine rings is 1. The van der Waals surface area contributed by atoms with Crippen LogP contribution in [-0.2, 0) is 11.3 Å². The number of nitriles is 1. The van der Waals surface area contributed by atoms with Gasteiger partial charge in [0.05, 0.1) is 10.6 Å². The molecule has 2 fully saturated rings. The highest BCUT2D eigenvalue weighted by atomic mass is 32.2. The molecule has 7 nitrogen and oxygen atoms in total. The Morgan fingerprint density at radius 3 is 2.36 bits per heavy atom. The summed E-state index contributed by atoms with van der Waals surface area (Å²) in [5.41, 5.74) is 1.47. The number of halogens is 1. The van der Waals surface area contributed by atoms with E-state index in [1.165, 1.54) is 17.8 Å². The lowest BCUT2D eigenvalue weighted by Crippen LogP contribution is -2.49. The highest BCUT2D eigenvalue weighted by Gasteiger charge is 2.35. The number of thioether (sulfide) groups is 1. The molecule has 0 atom stereocenters. The number of carbonyl (C=O) groups is 1. The molecular weight excluding hydrogens is 497 g/mol. The van der Waals surface area contributed by atoms with Gasteiger partial charge in [-0.05, 0) is 51.5 Å². The van der Waals surface area contributed by atoms with E-state index in [9.17, 15) is 19.2 Å². The first-order valence-corrected chi connectivity index (χ1v) is 13.1. The molecule has 1 aromatic heterocycles. The van der Waals surface area contributed by atoms with E-state index in [0.29, 0.717) is 64.6 Å². The fourth-order valence-corrected chi connectivity index (χ4v) is 6.21. The number of hydrogen-bond acceptors (Lipinski definition) is 7. The maximum absolute atomic E-state index is 14.4. The Bertz CT molecular complexity index is 1350. The summed E-state index contributed by atoms with van der Waals surface area (Å²) in [6, 6.07) is 8.68. The molecule has 3 heterocycles. The fourth-order valence-electron chi connectivity index (χ4n) is 4.70. The van der Waals surface area contributed by atoms with Crippen molar-refractivity contribution in [3.05, 3.63) is 62.0 Å². The van der Waals surface area contributed by atoms with Gasteiger partial charge in [-0.15, -0.1) is 0 Å². The quantitative estimate of drug-likeness (QED) is 0.430. The van der Waals surface area contributed by atoms with Gasteiger partial charge >= 0.3 is 0 Å². The van der Waals surface area contributed by atoms with Gasteiger partial charge < -0.3 is 9.80 Å². The standard InChI is InChI=1S/C26H28FN5O2S2/c1-5-31-23(30-12-10-29(11-13-30)21-9-7-6-8-20(21)27)18(17(4)19(15-28)24(31)33)14-22-25(34)32(16(2)3)26(35)36-22/h6-9,14,16H,5,10-13H2,1-4H3/b22-14-. The van der Waals surface area contributed by atoms with Crippen LogP contribution >= 0.6 is 24.0 Å². The molecule has 0 aliphatic carbocycles. The van der Waals surface area contributed by atoms with Crippen LogP contribution in [0.4, 0.5) is 15.9 Å². The Balaban J connectivity index is 1.79. The Hall–Kier alpha value is -3.16. The summed E-state index contributed by atoms with van der Waals surface area (Å²) in [7, 11) is 0. The normalized spacial score (nSPS) is 17.5. The first kappa shape index (κ1) is 25.9. The number of pyridine rings is 1. The van der Waals surface area contributed by atoms with Crippen molar-refractivity contribution in [2.24, 2.45) is 0 Å². The van der Waals surface area contributed by atoms with Gasteiger partial charge in [-0.2, -0.15) is 5.26 Å². The minimum atomic E-state index is -0.351. The molecule has 10 heteroatoms. The minimum Gasteiger partial charge on any atom is -0.366 e. The SMILES string of the molecule is CCn1c(N2CCN(c3ccccc3F)CC2)c(/C=C2\SC(=S)N(C(C)C)C2=O)c(C)c(C#N)c1=O. The van der Waals surface area contributed by atoms with Crippen LogP contribution in [0.5, 0.6) is 0 Å². The molecule has 4 rings (SSSR count). The van der Waals surface area contributed by atoms with Crippen LogP contribution in [0, 0.1) is 24.1 Å². The molecule has 188 valence electrons. The van der Waals surface area contributed by atoms with E-state index in [0.717, 1.165) is 0 Å². The van der Waals surface area contributed by atoms with Gasteiger partial charge in [0, 0.05) is 44.3 Å². The maximum atomic E-state index is 14.4. The van der Waals surface area contributed by atoms with Crippen LogP contribution in [0.1, 0.15) is 37.5 Å². The predicted octanol–water partition coefficient (Wildman–Crippen LogP) is 4.12. The molecule has 2 aliphatic rings. The van der Waals surface area contributed by atoms with Crippen LogP contribution in [0.15, 0.2) is 34.0 Å². The third-order valence-corrected chi connectivity index (χ3v) is 7.88. The minimum absolute atomic E-state index is 0.0659. The van der Waals surface area contributed by atoms with Crippen molar-refractivity contribution in [1.29, 1.82) is 5.26 Å². The van der Waals surface area contributed by atoms with Gasteiger partial charge in [0.1, 0.15) is 27.6 Å². The van der Waals surface area contributed by atoms with Gasteiger partial charge in [-0.1, -0.05) is 36.1 Å². The molecule has 0 spiro atoms. The summed E-state index contributed by atoms with van der Waals surface area (Å²) < 4.78 is 16.4. The summed E-state index contributed by atoms with van der Waals surface area (Å²) in [6.07, 6.45) is 1.77. The fraction of sp³-hybridized carbons (Fsp3) is 0.385. The lowest BCUT2D eigenvalue weighted by Gasteiger charge is -2.39. The summed E-state index contributed by atoms with van der Waals surface area (Å²) in [5.74, 6) is 0.225. The summed E-state index contributed by atoms with van der Waals surface area (Å²) in [5, 5.41) is 9.76. The topological polar surface area (TPSA) is 72.6 Å². The van der Waals surface area contributed by atoms with Crippen LogP contribution < -0.4 is 15.4 Å². The predicted molar refractivity (Wildman–Crippen MR) is 147 cm³/mol. The average Bonchev–Trinajstić information content (AvgIpc) is 3.14. The van der Waals surface area contributed by atoms with Gasteiger partial charge in [-0.3, -0.25) is 19.1 Å². The number of hydrogen-bond donors (Lipinski definition) is 0. The number of benzene rings is 1. The number of nitrogens with zero attached hydrogens (tertiary/aromatic N) is 5. The molecule has 0 N–H and O–H groups in total. The summed E-state index contributed by atoms with van der Waals surface area (Å²) in [6.45, 7) is 10.0. The zero-order chi connectivity index (χ0) is 26.1. The maximum Gasteiger partial charge on any atom is 0.270 e. The van der Waals surface area contributed by atoms with E-state index >= 15 is 0 Å². The van der Waals surface area contributed by atoms with Crippen molar-refractivity contribution in [2.75, 3.05) is 36.0 Å². The van der Waals surface area contributed by atoms with Crippen LogP contribution in [0.2, 0.25) is 0 Å². The Morgan fingerprint density at radius 1 is 1.17 bits per heavy atom. The molecule has 0 unspecified atom stereocenters. The van der Waals surface area contributed by atoms with Crippen molar-refractivity contribution in [3.8, 4) is 6.07 Å². The monoisotopic (exact) mass is 525 g/mol. The van der Waals surface area contributed by atoms with Crippen molar-refractivity contribution in [3.63, 3.8) is 0 Å². The van der Waals surface area contributed by atoms with Crippen LogP contribution in [0.3, 0.4) is 0 Å². The number of rotatable bonds is 5. The first-order chi connectivity index (χ1) is 17.2. The highest BCUT2D eigenvalue weighted by Crippen LogP contribution is 2.37. The number of para-hydroxylation sites is 1. The third-order valence-electron chi connectivity index (χ3n) is 6.55. The van der Waals surface area contributed by atoms with Crippen molar-refractivity contribution in [1.82, 2.24) is 9.47 Å². The second-order valence-corrected chi connectivity index (χ2v) is 10.6. The third kappa shape index (κ3) is 4.53. The lowest BCUT2D eigenvalue weighted by atomic mass is 10.0. The largest absolute Gasteiger partial charge is 0.366 e. The van der Waals surface area contributed by atoms with E-state index in [1.54, 1.807) is 34.6 Å². The zero-order valence-corrected chi connectivity index (χ0v) is 22.4. The lowest BCUT2D eigenvalue weighted by molar-refractivity contribution is -0.123. The number of thiocarbonyl (C=S) groups is 1. The molecule has 2 saturated heterocycles. The second kappa shape index (κ2) is 10.4. The van der Waals surface area contributed by atoms with Gasteiger partial charge in [0.25, 0.3) is 11.5 Å². The Labute approximate surface area is 219 Å². The number of anilines is 2. The van der Waals surface area contributed by atoms with E-state index in [2.05, 4.69) is 11.0 Å². The Morgan fingerprint density at radius 2 is 1.81 bits per heavy atom. The van der Waals surface area contributed by atoms with Gasteiger partial charge in [0.15, 0.2) is 0 Å². The van der Waals surface area contributed by atoms with Crippen molar-refractivity contribution < 1.29 is 9.18 Å². The van der Waals surface area contributed by atoms with E-state index in [-0.39, 0.29) is 28.9 Å². The molecule has 0 bridgehead atoms. The summed E-state index contributed by atoms with van der Waals surface area (Å²) >= 11 is 6.67. The molecule has 0 radical (unpaired) electrons. The smallest absolute Gasteiger partial charge is 0.270 e. The van der Waals surface area contributed by atoms with E-state index in [4.69, 9.17) is 12.2 Å². The molecule has 1 amide bonds. The zero-order valence-electron chi connectivity index (χ0n) is 20.7. The highest BCUT2D eigenvalue weighted by molar-refractivity contribution is 8.26. The van der Waals surface area contributed by atoms with Crippen LogP contribution in [-0.4, -0.2) is 51.9 Å². The van der Waals surface area contributed by atoms with Crippen LogP contribution in [0.25, 0.3) is 6.08 Å². The Kier molecular flexibility index (Phi) is 7.52. The number of amides is 1. The molecule has 36 heavy (non-hydrogen) atoms. The molecular formula is C26H28FN5O2S2. The molecule has 2 aliphatic heterocycles. The van der Waals surface area contributed by atoms with Gasteiger partial charge in [-0.25, -0.2) is 4.39 Å². The molecule has 1 aromatic carbocycles. The first-order valence-electron chi connectivity index (χ1n) is 11.9. The second-order valence-electron chi connectivity index (χ2n) is 8.97. The number of carbonyl (C=O) groups excluding carboxylic acids is 1. The van der Waals surface area contributed by atoms with E-state index in [1.807, 2.05) is 31.7 Å². The van der Waals surface area contributed by atoms with Crippen molar-refractivity contribution in [2.45, 2.75) is 40.3 Å².